The summed E-state index contributed by atoms with van der Waals surface area (Å²) in [6.45, 7) is 2.31. The number of nitro groups is 1. The monoisotopic (exact) mass is 271 g/mol. The number of hydrogen-bond acceptors (Lipinski definition) is 5. The van der Waals surface area contributed by atoms with E-state index >= 15 is 0 Å². The molecule has 0 aliphatic carbocycles. The molecule has 0 fully saturated rings. The molecule has 6 nitrogen and oxygen atoms in total. The molecule has 1 heterocycles. The van der Waals surface area contributed by atoms with Gasteiger partial charge in [-0.05, 0) is 30.7 Å². The fourth-order valence-electron chi connectivity index (χ4n) is 1.72. The second-order valence-electron chi connectivity index (χ2n) is 4.31. The number of aromatic nitrogens is 1. The number of carbonyl (C=O) groups excluding carboxylic acids is 1. The zero-order valence-electron chi connectivity index (χ0n) is 10.9. The maximum atomic E-state index is 11.0. The summed E-state index contributed by atoms with van der Waals surface area (Å²) >= 11 is 0. The highest BCUT2D eigenvalue weighted by Crippen LogP contribution is 2.25. The van der Waals surface area contributed by atoms with Crippen LogP contribution in [0.5, 0.6) is 0 Å². The number of nitrogens with zero attached hydrogens (tertiary/aromatic N) is 2. The highest BCUT2D eigenvalue weighted by Gasteiger charge is 2.14. The van der Waals surface area contributed by atoms with Crippen LogP contribution in [0.2, 0.25) is 0 Å². The minimum absolute atomic E-state index is 0.116. The summed E-state index contributed by atoms with van der Waals surface area (Å²) in [6.07, 6.45) is 2.30. The van der Waals surface area contributed by atoms with E-state index in [2.05, 4.69) is 10.3 Å². The number of pyridine rings is 1. The summed E-state index contributed by atoms with van der Waals surface area (Å²) in [4.78, 5) is 25.3. The lowest BCUT2D eigenvalue weighted by Crippen LogP contribution is -2.03. The van der Waals surface area contributed by atoms with Crippen molar-refractivity contribution in [3.63, 3.8) is 0 Å². The van der Waals surface area contributed by atoms with Gasteiger partial charge in [-0.1, -0.05) is 6.07 Å². The van der Waals surface area contributed by atoms with E-state index in [0.29, 0.717) is 18.5 Å². The molecule has 6 heteroatoms. The van der Waals surface area contributed by atoms with Crippen LogP contribution in [-0.4, -0.2) is 16.2 Å². The van der Waals surface area contributed by atoms with Crippen LogP contribution in [0.25, 0.3) is 0 Å². The largest absolute Gasteiger partial charge is 0.375 e. The van der Waals surface area contributed by atoms with Crippen molar-refractivity contribution in [3.8, 4) is 0 Å². The molecule has 1 aromatic heterocycles. The van der Waals surface area contributed by atoms with Gasteiger partial charge in [-0.2, -0.15) is 0 Å². The summed E-state index contributed by atoms with van der Waals surface area (Å²) in [5.74, 6) is 0. The first-order valence-electron chi connectivity index (χ1n) is 5.99. The molecule has 1 aromatic carbocycles. The Morgan fingerprint density at radius 1 is 1.35 bits per heavy atom. The Bertz CT molecular complexity index is 639. The third-order valence-electron chi connectivity index (χ3n) is 2.81. The Labute approximate surface area is 115 Å². The minimum Gasteiger partial charge on any atom is -0.375 e. The van der Waals surface area contributed by atoms with Gasteiger partial charge in [-0.3, -0.25) is 19.9 Å². The molecule has 0 amide bonds. The van der Waals surface area contributed by atoms with Crippen molar-refractivity contribution in [2.45, 2.75) is 13.5 Å². The predicted octanol–water partition coefficient (Wildman–Crippen LogP) is 2.72. The number of anilines is 1. The topological polar surface area (TPSA) is 85.1 Å². The summed E-state index contributed by atoms with van der Waals surface area (Å²) in [5, 5.41) is 14.0. The Morgan fingerprint density at radius 3 is 2.75 bits per heavy atom. The highest BCUT2D eigenvalue weighted by atomic mass is 16.6. The van der Waals surface area contributed by atoms with Crippen LogP contribution in [0.1, 0.15) is 21.6 Å². The van der Waals surface area contributed by atoms with Crippen molar-refractivity contribution in [1.29, 1.82) is 0 Å². The number of rotatable bonds is 5. The first-order valence-corrected chi connectivity index (χ1v) is 5.99. The molecule has 0 atom stereocenters. The molecule has 102 valence electrons. The fourth-order valence-corrected chi connectivity index (χ4v) is 1.72. The predicted molar refractivity (Wildman–Crippen MR) is 74.8 cm³/mol. The van der Waals surface area contributed by atoms with Crippen molar-refractivity contribution < 1.29 is 9.72 Å². The first-order chi connectivity index (χ1) is 9.60. The van der Waals surface area contributed by atoms with E-state index in [0.717, 1.165) is 11.3 Å². The second-order valence-corrected chi connectivity index (χ2v) is 4.31. The van der Waals surface area contributed by atoms with E-state index < -0.39 is 4.92 Å². The van der Waals surface area contributed by atoms with Gasteiger partial charge in [0.25, 0.3) is 5.69 Å². The first kappa shape index (κ1) is 13.7. The maximum Gasteiger partial charge on any atom is 0.293 e. The van der Waals surface area contributed by atoms with Gasteiger partial charge in [-0.25, -0.2) is 0 Å². The average molecular weight is 271 g/mol. The van der Waals surface area contributed by atoms with E-state index in [1.54, 1.807) is 6.20 Å². The molecule has 0 saturated heterocycles. The Hall–Kier alpha value is -2.76. The molecule has 0 unspecified atom stereocenters. The molecule has 0 aliphatic heterocycles. The van der Waals surface area contributed by atoms with Gasteiger partial charge in [0.05, 0.1) is 4.92 Å². The number of aryl methyl sites for hydroxylation is 1. The number of carbonyl (C=O) groups is 1. The fraction of sp³-hybridized carbons (Fsp3) is 0.143. The Morgan fingerprint density at radius 2 is 2.15 bits per heavy atom. The lowest BCUT2D eigenvalue weighted by atomic mass is 10.2. The molecular formula is C14H13N3O3. The van der Waals surface area contributed by atoms with E-state index in [9.17, 15) is 14.9 Å². The number of nitro benzene ring substituents is 1. The summed E-state index contributed by atoms with van der Waals surface area (Å²) in [7, 11) is 0. The molecule has 2 aromatic rings. The van der Waals surface area contributed by atoms with E-state index in [1.165, 1.54) is 18.2 Å². The molecule has 1 N–H and O–H groups in total. The van der Waals surface area contributed by atoms with Crippen molar-refractivity contribution in [2.75, 3.05) is 5.32 Å². The molecular weight excluding hydrogens is 258 g/mol. The number of nitrogens with one attached hydrogen (secondary N) is 1. The molecule has 0 spiro atoms. The lowest BCUT2D eigenvalue weighted by Gasteiger charge is -2.07. The smallest absolute Gasteiger partial charge is 0.293 e. The summed E-state index contributed by atoms with van der Waals surface area (Å²) < 4.78 is 0. The molecule has 20 heavy (non-hydrogen) atoms. The maximum absolute atomic E-state index is 11.0. The molecule has 0 saturated carbocycles. The zero-order valence-corrected chi connectivity index (χ0v) is 10.9. The third-order valence-corrected chi connectivity index (χ3v) is 2.81. The van der Waals surface area contributed by atoms with Crippen molar-refractivity contribution >= 4 is 17.7 Å². The van der Waals surface area contributed by atoms with Crippen LogP contribution in [-0.2, 0) is 6.54 Å². The van der Waals surface area contributed by atoms with Crippen LogP contribution >= 0.6 is 0 Å². The van der Waals surface area contributed by atoms with Gasteiger partial charge in [0.2, 0.25) is 0 Å². The van der Waals surface area contributed by atoms with Gasteiger partial charge >= 0.3 is 0 Å². The second kappa shape index (κ2) is 5.92. The molecule has 0 aliphatic rings. The zero-order chi connectivity index (χ0) is 14.5. The number of benzene rings is 1. The van der Waals surface area contributed by atoms with Gasteiger partial charge in [-0.15, -0.1) is 0 Å². The lowest BCUT2D eigenvalue weighted by molar-refractivity contribution is -0.384. The van der Waals surface area contributed by atoms with Crippen LogP contribution in [0.3, 0.4) is 0 Å². The molecule has 2 rings (SSSR count). The molecule has 0 radical (unpaired) electrons. The van der Waals surface area contributed by atoms with Gasteiger partial charge < -0.3 is 5.32 Å². The van der Waals surface area contributed by atoms with E-state index in [1.807, 2.05) is 19.1 Å². The van der Waals surface area contributed by atoms with Crippen LogP contribution < -0.4 is 5.32 Å². The van der Waals surface area contributed by atoms with Gasteiger partial charge in [0, 0.05) is 30.1 Å². The number of aldehydes is 1. The summed E-state index contributed by atoms with van der Waals surface area (Å²) in [6, 6.07) is 8.10. The SMILES string of the molecule is Cc1ccc(CNc2ccc(C=O)cc2[N+](=O)[O-])cn1. The van der Waals surface area contributed by atoms with Gasteiger partial charge in [0.1, 0.15) is 12.0 Å². The minimum atomic E-state index is -0.511. The van der Waals surface area contributed by atoms with Crippen LogP contribution in [0.15, 0.2) is 36.5 Å². The van der Waals surface area contributed by atoms with Crippen molar-refractivity contribution in [3.05, 3.63) is 63.5 Å². The van der Waals surface area contributed by atoms with Crippen LogP contribution in [0.4, 0.5) is 11.4 Å². The van der Waals surface area contributed by atoms with Gasteiger partial charge in [0.15, 0.2) is 0 Å². The van der Waals surface area contributed by atoms with Crippen molar-refractivity contribution in [2.24, 2.45) is 0 Å². The molecule has 0 bridgehead atoms. The quantitative estimate of drug-likeness (QED) is 0.513. The van der Waals surface area contributed by atoms with E-state index in [4.69, 9.17) is 0 Å². The van der Waals surface area contributed by atoms with Crippen molar-refractivity contribution in [1.82, 2.24) is 4.98 Å². The average Bonchev–Trinajstić information content (AvgIpc) is 2.46. The van der Waals surface area contributed by atoms with E-state index in [-0.39, 0.29) is 11.3 Å². The normalized spacial score (nSPS) is 10.1. The standard InChI is InChI=1S/C14H13N3O3/c1-10-2-3-12(7-15-10)8-16-13-5-4-11(9-18)6-14(13)17(19)20/h2-7,9,16H,8H2,1H3. The Kier molecular flexibility index (Phi) is 4.05. The Balaban J connectivity index is 2.18. The third kappa shape index (κ3) is 3.17. The summed E-state index contributed by atoms with van der Waals surface area (Å²) in [5.41, 5.74) is 2.37. The number of hydrogen-bond donors (Lipinski definition) is 1. The highest BCUT2D eigenvalue weighted by molar-refractivity contribution is 5.79. The van der Waals surface area contributed by atoms with Crippen LogP contribution in [0, 0.1) is 17.0 Å².